The SMILES string of the molecule is COc1ccc(-c2nnc(SC(C)C(=O)N3CCNC3=O)o2)c(OC)c1. The first-order valence-corrected chi connectivity index (χ1v) is 8.73. The molecule has 26 heavy (non-hydrogen) atoms. The summed E-state index contributed by atoms with van der Waals surface area (Å²) < 4.78 is 16.1. The first-order valence-electron chi connectivity index (χ1n) is 7.85. The number of nitrogens with zero attached hydrogens (tertiary/aromatic N) is 3. The van der Waals surface area contributed by atoms with Gasteiger partial charge in [-0.1, -0.05) is 11.8 Å². The highest BCUT2D eigenvalue weighted by Gasteiger charge is 2.31. The molecule has 1 N–H and O–H groups in total. The number of hydrogen-bond acceptors (Lipinski definition) is 8. The number of benzene rings is 1. The zero-order chi connectivity index (χ0) is 18.7. The Labute approximate surface area is 154 Å². The van der Waals surface area contributed by atoms with E-state index in [4.69, 9.17) is 13.9 Å². The maximum atomic E-state index is 12.3. The molecule has 1 aromatic carbocycles. The van der Waals surface area contributed by atoms with Gasteiger partial charge in [0.2, 0.25) is 5.91 Å². The van der Waals surface area contributed by atoms with Crippen LogP contribution in [-0.2, 0) is 4.79 Å². The molecule has 3 amide bonds. The van der Waals surface area contributed by atoms with Crippen molar-refractivity contribution in [2.75, 3.05) is 27.3 Å². The highest BCUT2D eigenvalue weighted by Crippen LogP contribution is 2.34. The molecular formula is C16H18N4O5S. The average Bonchev–Trinajstić information content (AvgIpc) is 3.29. The van der Waals surface area contributed by atoms with Crippen molar-refractivity contribution in [3.8, 4) is 23.0 Å². The quantitative estimate of drug-likeness (QED) is 0.758. The van der Waals surface area contributed by atoms with Gasteiger partial charge in [0.1, 0.15) is 11.5 Å². The molecule has 1 saturated heterocycles. The zero-order valence-corrected chi connectivity index (χ0v) is 15.3. The van der Waals surface area contributed by atoms with Gasteiger partial charge in [-0.15, -0.1) is 10.2 Å². The largest absolute Gasteiger partial charge is 0.497 e. The lowest BCUT2D eigenvalue weighted by Gasteiger charge is -2.15. The van der Waals surface area contributed by atoms with Crippen LogP contribution in [0, 0.1) is 0 Å². The number of imide groups is 1. The molecule has 0 radical (unpaired) electrons. The molecule has 0 aliphatic carbocycles. The summed E-state index contributed by atoms with van der Waals surface area (Å²) in [5.41, 5.74) is 0.616. The zero-order valence-electron chi connectivity index (χ0n) is 14.5. The van der Waals surface area contributed by atoms with E-state index in [0.717, 1.165) is 11.8 Å². The van der Waals surface area contributed by atoms with Crippen molar-refractivity contribution in [1.29, 1.82) is 0 Å². The first-order chi connectivity index (χ1) is 12.5. The van der Waals surface area contributed by atoms with Crippen LogP contribution in [0.15, 0.2) is 27.8 Å². The molecule has 0 spiro atoms. The van der Waals surface area contributed by atoms with E-state index in [1.54, 1.807) is 32.2 Å². The number of nitrogens with one attached hydrogen (secondary N) is 1. The van der Waals surface area contributed by atoms with Crippen molar-refractivity contribution in [2.45, 2.75) is 17.4 Å². The predicted octanol–water partition coefficient (Wildman–Crippen LogP) is 1.79. The lowest BCUT2D eigenvalue weighted by Crippen LogP contribution is -2.38. The van der Waals surface area contributed by atoms with Gasteiger partial charge in [-0.25, -0.2) is 4.79 Å². The highest BCUT2D eigenvalue weighted by molar-refractivity contribution is 8.00. The number of carbonyl (C=O) groups is 2. The van der Waals surface area contributed by atoms with Crippen molar-refractivity contribution in [2.24, 2.45) is 0 Å². The van der Waals surface area contributed by atoms with Crippen LogP contribution in [0.4, 0.5) is 4.79 Å². The fourth-order valence-corrected chi connectivity index (χ4v) is 3.19. The minimum absolute atomic E-state index is 0.235. The van der Waals surface area contributed by atoms with Crippen molar-refractivity contribution >= 4 is 23.7 Å². The van der Waals surface area contributed by atoms with Crippen LogP contribution in [0.5, 0.6) is 11.5 Å². The van der Waals surface area contributed by atoms with Crippen molar-refractivity contribution in [3.05, 3.63) is 18.2 Å². The van der Waals surface area contributed by atoms with Gasteiger partial charge in [0.05, 0.1) is 25.0 Å². The van der Waals surface area contributed by atoms with E-state index in [1.807, 2.05) is 0 Å². The summed E-state index contributed by atoms with van der Waals surface area (Å²) in [5, 5.41) is 10.3. The Kier molecular flexibility index (Phi) is 5.31. The third-order valence-corrected chi connectivity index (χ3v) is 4.72. The minimum Gasteiger partial charge on any atom is -0.497 e. The summed E-state index contributed by atoms with van der Waals surface area (Å²) in [7, 11) is 3.10. The molecule has 0 bridgehead atoms. The molecule has 2 aromatic rings. The summed E-state index contributed by atoms with van der Waals surface area (Å²) in [4.78, 5) is 25.1. The number of methoxy groups -OCH3 is 2. The van der Waals surface area contributed by atoms with Gasteiger partial charge in [0.15, 0.2) is 0 Å². The van der Waals surface area contributed by atoms with E-state index in [9.17, 15) is 9.59 Å². The molecule has 1 aromatic heterocycles. The number of aromatic nitrogens is 2. The van der Waals surface area contributed by atoms with Gasteiger partial charge in [-0.05, 0) is 19.1 Å². The fourth-order valence-electron chi connectivity index (χ4n) is 2.44. The third-order valence-electron chi connectivity index (χ3n) is 3.79. The van der Waals surface area contributed by atoms with Crippen LogP contribution in [0.2, 0.25) is 0 Å². The maximum Gasteiger partial charge on any atom is 0.324 e. The molecule has 138 valence electrons. The second kappa shape index (κ2) is 7.65. The van der Waals surface area contributed by atoms with Crippen LogP contribution in [0.1, 0.15) is 6.92 Å². The Bertz CT molecular complexity index is 825. The maximum absolute atomic E-state index is 12.3. The number of rotatable bonds is 6. The van der Waals surface area contributed by atoms with Gasteiger partial charge in [-0.2, -0.15) is 0 Å². The van der Waals surface area contributed by atoms with E-state index < -0.39 is 5.25 Å². The Morgan fingerprint density at radius 2 is 2.15 bits per heavy atom. The van der Waals surface area contributed by atoms with Gasteiger partial charge in [0, 0.05) is 19.2 Å². The Hall–Kier alpha value is -2.75. The van der Waals surface area contributed by atoms with E-state index in [1.165, 1.54) is 12.0 Å². The molecule has 1 unspecified atom stereocenters. The van der Waals surface area contributed by atoms with Crippen LogP contribution in [-0.4, -0.2) is 59.6 Å². The summed E-state index contributed by atoms with van der Waals surface area (Å²) in [6, 6.07) is 4.84. The molecule has 1 fully saturated rings. The summed E-state index contributed by atoms with van der Waals surface area (Å²) >= 11 is 1.10. The molecule has 1 aliphatic rings. The van der Waals surface area contributed by atoms with E-state index in [-0.39, 0.29) is 23.1 Å². The van der Waals surface area contributed by atoms with E-state index in [2.05, 4.69) is 15.5 Å². The van der Waals surface area contributed by atoms with E-state index >= 15 is 0 Å². The van der Waals surface area contributed by atoms with Crippen LogP contribution >= 0.6 is 11.8 Å². The monoisotopic (exact) mass is 378 g/mol. The smallest absolute Gasteiger partial charge is 0.324 e. The number of amides is 3. The lowest BCUT2D eigenvalue weighted by molar-refractivity contribution is -0.126. The summed E-state index contributed by atoms with van der Waals surface area (Å²) in [6.07, 6.45) is 0. The molecule has 1 atom stereocenters. The van der Waals surface area contributed by atoms with Gasteiger partial charge < -0.3 is 19.2 Å². The van der Waals surface area contributed by atoms with E-state index in [0.29, 0.717) is 30.2 Å². The minimum atomic E-state index is -0.537. The Morgan fingerprint density at radius 3 is 2.81 bits per heavy atom. The third kappa shape index (κ3) is 3.59. The topological polar surface area (TPSA) is 107 Å². The van der Waals surface area contributed by atoms with Crippen LogP contribution in [0.25, 0.3) is 11.5 Å². The lowest BCUT2D eigenvalue weighted by atomic mass is 10.2. The number of thioether (sulfide) groups is 1. The van der Waals surface area contributed by atoms with Crippen molar-refractivity contribution in [3.63, 3.8) is 0 Å². The molecular weight excluding hydrogens is 360 g/mol. The molecule has 10 heteroatoms. The van der Waals surface area contributed by atoms with Crippen molar-refractivity contribution < 1.29 is 23.5 Å². The Balaban J connectivity index is 1.74. The molecule has 3 rings (SSSR count). The first kappa shape index (κ1) is 18.1. The highest BCUT2D eigenvalue weighted by atomic mass is 32.2. The van der Waals surface area contributed by atoms with Gasteiger partial charge in [-0.3, -0.25) is 9.69 Å². The van der Waals surface area contributed by atoms with Crippen LogP contribution in [0.3, 0.4) is 0 Å². The summed E-state index contributed by atoms with van der Waals surface area (Å²) in [6.45, 7) is 2.51. The number of urea groups is 1. The molecule has 1 aliphatic heterocycles. The molecule has 9 nitrogen and oxygen atoms in total. The standard InChI is InChI=1S/C16H18N4O5S/c1-9(14(21)20-7-6-17-15(20)22)26-16-19-18-13(25-16)11-5-4-10(23-2)8-12(11)24-3/h4-5,8-9H,6-7H2,1-3H3,(H,17,22). The molecule has 2 heterocycles. The normalized spacial score (nSPS) is 14.9. The fraction of sp³-hybridized carbons (Fsp3) is 0.375. The van der Waals surface area contributed by atoms with Gasteiger partial charge >= 0.3 is 6.03 Å². The second-order valence-electron chi connectivity index (χ2n) is 5.42. The van der Waals surface area contributed by atoms with Gasteiger partial charge in [0.25, 0.3) is 11.1 Å². The number of carbonyl (C=O) groups excluding carboxylic acids is 2. The summed E-state index contributed by atoms with van der Waals surface area (Å²) in [5.74, 6) is 1.14. The number of hydrogen-bond donors (Lipinski definition) is 1. The molecule has 0 saturated carbocycles. The predicted molar refractivity (Wildman–Crippen MR) is 93.3 cm³/mol. The van der Waals surface area contributed by atoms with Crippen molar-refractivity contribution in [1.82, 2.24) is 20.4 Å². The van der Waals surface area contributed by atoms with Crippen LogP contribution < -0.4 is 14.8 Å². The average molecular weight is 378 g/mol. The number of ether oxygens (including phenoxy) is 2. The second-order valence-corrected chi connectivity index (χ2v) is 6.71. The Morgan fingerprint density at radius 1 is 1.35 bits per heavy atom.